The molecule has 0 saturated carbocycles. The zero-order valence-electron chi connectivity index (χ0n) is 18.6. The maximum absolute atomic E-state index is 13.4. The number of aliphatic hydroxyl groups is 1. The van der Waals surface area contributed by atoms with Crippen molar-refractivity contribution >= 4 is 40.5 Å². The van der Waals surface area contributed by atoms with Gasteiger partial charge in [-0.15, -0.1) is 16.4 Å². The normalized spacial score (nSPS) is 16.7. The summed E-state index contributed by atoms with van der Waals surface area (Å²) in [5, 5.41) is 47.7. The van der Waals surface area contributed by atoms with Gasteiger partial charge in [0.25, 0.3) is 0 Å². The molecule has 0 spiro atoms. The smallest absolute Gasteiger partial charge is 0.345 e. The highest BCUT2D eigenvalue weighted by atomic mass is 35.5. The number of aromatic carboxylic acids is 1. The summed E-state index contributed by atoms with van der Waals surface area (Å²) >= 11 is 13.7. The molecule has 1 aliphatic carbocycles. The number of nitrogens with one attached hydrogen (secondary N) is 1. The Labute approximate surface area is 222 Å². The molecule has 1 atom stereocenters. The zero-order chi connectivity index (χ0) is 25.9. The molecule has 186 valence electrons. The van der Waals surface area contributed by atoms with Crippen LogP contribution in [0.4, 0.5) is 0 Å². The molecular weight excluding hydrogens is 541 g/mol. The van der Waals surface area contributed by atoms with Crippen molar-refractivity contribution in [2.24, 2.45) is 0 Å². The first-order chi connectivity index (χ1) is 17.7. The van der Waals surface area contributed by atoms with Gasteiger partial charge < -0.3 is 20.4 Å². The lowest BCUT2D eigenvalue weighted by Gasteiger charge is -2.20. The van der Waals surface area contributed by atoms with E-state index in [1.165, 1.54) is 23.3 Å². The van der Waals surface area contributed by atoms with Crippen molar-refractivity contribution < 1.29 is 19.7 Å². The highest BCUT2D eigenvalue weighted by Gasteiger charge is 2.49. The molecule has 0 fully saturated rings. The summed E-state index contributed by atoms with van der Waals surface area (Å²) in [7, 11) is 0. The van der Waals surface area contributed by atoms with Crippen molar-refractivity contribution in [3.05, 3.63) is 85.6 Å². The number of fused-ring (bicyclic) bond motifs is 1. The molecule has 0 bridgehead atoms. The minimum atomic E-state index is -1.73. The van der Waals surface area contributed by atoms with Gasteiger partial charge in [-0.1, -0.05) is 23.2 Å². The van der Waals surface area contributed by atoms with Crippen molar-refractivity contribution in [1.29, 1.82) is 0 Å². The molecule has 0 amide bonds. The summed E-state index contributed by atoms with van der Waals surface area (Å²) in [6, 6.07) is 8.44. The Hall–Kier alpha value is -3.84. The first-order valence-corrected chi connectivity index (χ1v) is 12.5. The lowest BCUT2D eigenvalue weighted by molar-refractivity contribution is -0.620. The van der Waals surface area contributed by atoms with E-state index in [1.54, 1.807) is 23.6 Å². The van der Waals surface area contributed by atoms with E-state index in [4.69, 9.17) is 23.2 Å². The van der Waals surface area contributed by atoms with Crippen molar-refractivity contribution in [1.82, 2.24) is 30.2 Å². The number of hydrogen-bond acceptors (Lipinski definition) is 8. The van der Waals surface area contributed by atoms with Gasteiger partial charge in [0.2, 0.25) is 11.3 Å². The first kappa shape index (κ1) is 23.6. The highest BCUT2D eigenvalue weighted by Crippen LogP contribution is 2.42. The van der Waals surface area contributed by atoms with Crippen LogP contribution in [-0.4, -0.2) is 46.4 Å². The van der Waals surface area contributed by atoms with Gasteiger partial charge in [0.1, 0.15) is 22.1 Å². The van der Waals surface area contributed by atoms with E-state index in [0.29, 0.717) is 49.8 Å². The fraction of sp³-hybridized carbons (Fsp3) is 0.130. The van der Waals surface area contributed by atoms with Crippen molar-refractivity contribution in [3.8, 4) is 28.1 Å². The van der Waals surface area contributed by atoms with Crippen LogP contribution in [0.25, 0.3) is 28.1 Å². The molecule has 14 heteroatoms. The molecule has 4 heterocycles. The fourth-order valence-corrected chi connectivity index (χ4v) is 5.74. The standard InChI is InChI=1S/C23H15Cl2N7O4S/c24-14-1-2-16(31-10-26-29-30-31)15(7-14)12-5-11-3-4-23(35,19(11)32(36)8-12)22-27-18(20(25)28-22)13-6-17(21(33)34)37-9-13/h1-2,5-10,35H,3-4H2,(H,27,28)(H,33,34). The van der Waals surface area contributed by atoms with Crippen LogP contribution >= 0.6 is 34.5 Å². The van der Waals surface area contributed by atoms with Crippen molar-refractivity contribution in [2.45, 2.75) is 18.4 Å². The molecule has 0 radical (unpaired) electrons. The van der Waals surface area contributed by atoms with Crippen LogP contribution in [0.2, 0.25) is 10.2 Å². The second kappa shape index (κ2) is 8.63. The molecule has 1 unspecified atom stereocenters. The number of halogens is 2. The Morgan fingerprint density at radius 1 is 1.24 bits per heavy atom. The third kappa shape index (κ3) is 3.85. The molecule has 6 rings (SSSR count). The van der Waals surface area contributed by atoms with E-state index < -0.39 is 11.6 Å². The topological polar surface area (TPSA) is 157 Å². The summed E-state index contributed by atoms with van der Waals surface area (Å²) in [5.41, 5.74) is 1.67. The third-order valence-corrected chi connectivity index (χ3v) is 7.69. The van der Waals surface area contributed by atoms with E-state index in [9.17, 15) is 20.2 Å². The Morgan fingerprint density at radius 2 is 2.08 bits per heavy atom. The molecule has 11 nitrogen and oxygen atoms in total. The number of pyridine rings is 1. The Bertz CT molecular complexity index is 1680. The van der Waals surface area contributed by atoms with E-state index in [1.807, 2.05) is 6.07 Å². The number of imidazole rings is 1. The monoisotopic (exact) mass is 555 g/mol. The number of aromatic amines is 1. The zero-order valence-corrected chi connectivity index (χ0v) is 20.9. The number of carboxylic acids is 1. The molecule has 0 saturated heterocycles. The number of aryl methyl sites for hydroxylation is 1. The second-order valence-electron chi connectivity index (χ2n) is 8.46. The van der Waals surface area contributed by atoms with Gasteiger partial charge in [-0.3, -0.25) is 0 Å². The van der Waals surface area contributed by atoms with Crippen LogP contribution in [0.3, 0.4) is 0 Å². The van der Waals surface area contributed by atoms with Crippen molar-refractivity contribution in [2.75, 3.05) is 0 Å². The minimum absolute atomic E-state index is 0.101. The summed E-state index contributed by atoms with van der Waals surface area (Å²) in [4.78, 5) is 18.7. The van der Waals surface area contributed by atoms with Gasteiger partial charge >= 0.3 is 5.97 Å². The SMILES string of the molecule is O=C(O)c1cc(-c2nc(C3(O)CCc4cc(-c5cc(Cl)ccc5-n5cnnn5)c[n+]([O-])c43)[nH]c2Cl)cs1. The Balaban J connectivity index is 1.43. The molecule has 4 aromatic heterocycles. The van der Waals surface area contributed by atoms with E-state index >= 15 is 0 Å². The maximum Gasteiger partial charge on any atom is 0.345 e. The number of thiophene rings is 1. The Morgan fingerprint density at radius 3 is 2.81 bits per heavy atom. The quantitative estimate of drug-likeness (QED) is 0.219. The van der Waals surface area contributed by atoms with E-state index in [-0.39, 0.29) is 28.0 Å². The predicted octanol–water partition coefficient (Wildman–Crippen LogP) is 3.60. The maximum atomic E-state index is 13.4. The van der Waals surface area contributed by atoms with Crippen molar-refractivity contribution in [3.63, 3.8) is 0 Å². The van der Waals surface area contributed by atoms with Gasteiger partial charge in [-0.25, -0.2) is 9.78 Å². The van der Waals surface area contributed by atoms with Crippen LogP contribution in [0, 0.1) is 5.21 Å². The molecule has 1 aromatic carbocycles. The number of nitrogens with zero attached hydrogens (tertiary/aromatic N) is 6. The second-order valence-corrected chi connectivity index (χ2v) is 10.2. The number of tetrazole rings is 1. The largest absolute Gasteiger partial charge is 0.618 e. The first-order valence-electron chi connectivity index (χ1n) is 10.8. The molecule has 0 aliphatic heterocycles. The molecule has 5 aromatic rings. The number of aromatic nitrogens is 7. The van der Waals surface area contributed by atoms with Gasteiger partial charge in [-0.05, 0) is 53.6 Å². The summed E-state index contributed by atoms with van der Waals surface area (Å²) < 4.78 is 2.10. The van der Waals surface area contributed by atoms with Crippen LogP contribution < -0.4 is 4.73 Å². The summed E-state index contributed by atoms with van der Waals surface area (Å²) in [6.45, 7) is 0. The number of benzene rings is 1. The molecule has 1 aliphatic rings. The lowest BCUT2D eigenvalue weighted by Crippen LogP contribution is -2.42. The van der Waals surface area contributed by atoms with E-state index in [2.05, 4.69) is 25.5 Å². The highest BCUT2D eigenvalue weighted by molar-refractivity contribution is 7.12. The minimum Gasteiger partial charge on any atom is -0.618 e. The van der Waals surface area contributed by atoms with Gasteiger partial charge in [0.15, 0.2) is 12.0 Å². The Kier molecular flexibility index (Phi) is 5.49. The predicted molar refractivity (Wildman–Crippen MR) is 134 cm³/mol. The van der Waals surface area contributed by atoms with Crippen LogP contribution in [0.15, 0.2) is 48.2 Å². The summed E-state index contributed by atoms with van der Waals surface area (Å²) in [6.07, 6.45) is 3.39. The van der Waals surface area contributed by atoms with Gasteiger partial charge in [0, 0.05) is 32.7 Å². The van der Waals surface area contributed by atoms with Crippen LogP contribution in [-0.2, 0) is 12.0 Å². The number of rotatable bonds is 5. The fourth-order valence-electron chi connectivity index (χ4n) is 4.60. The lowest BCUT2D eigenvalue weighted by atomic mass is 9.98. The van der Waals surface area contributed by atoms with Crippen LogP contribution in [0.1, 0.15) is 33.2 Å². The van der Waals surface area contributed by atoms with Crippen LogP contribution in [0.5, 0.6) is 0 Å². The average molecular weight is 556 g/mol. The number of carbonyl (C=O) groups is 1. The average Bonchev–Trinajstić information content (AvgIpc) is 3.66. The van der Waals surface area contributed by atoms with Gasteiger partial charge in [0.05, 0.1) is 5.69 Å². The summed E-state index contributed by atoms with van der Waals surface area (Å²) in [5.74, 6) is -0.957. The third-order valence-electron chi connectivity index (χ3n) is 6.26. The van der Waals surface area contributed by atoms with Gasteiger partial charge in [-0.2, -0.15) is 9.41 Å². The number of carboxylic acid groups (broad SMARTS) is 1. The molecule has 3 N–H and O–H groups in total. The number of H-pyrrole nitrogens is 1. The number of hydrogen-bond donors (Lipinski definition) is 3. The van der Waals surface area contributed by atoms with E-state index in [0.717, 1.165) is 11.3 Å². The molecular formula is C23H15Cl2N7O4S. The molecule has 37 heavy (non-hydrogen) atoms.